The number of carbonyl (C=O) groups excluding carboxylic acids is 1. The molecule has 86 valence electrons. The van der Waals surface area contributed by atoms with Crippen molar-refractivity contribution in [2.75, 3.05) is 0 Å². The van der Waals surface area contributed by atoms with Gasteiger partial charge in [0.05, 0.1) is 0 Å². The lowest BCUT2D eigenvalue weighted by molar-refractivity contribution is -0.122. The van der Waals surface area contributed by atoms with Gasteiger partial charge in [0, 0.05) is 23.4 Å². The first-order valence-electron chi connectivity index (χ1n) is 5.68. The molecule has 0 spiro atoms. The summed E-state index contributed by atoms with van der Waals surface area (Å²) in [4.78, 5) is 12.0. The second kappa shape index (κ2) is 4.98. The molecule has 16 heavy (non-hydrogen) atoms. The van der Waals surface area contributed by atoms with Gasteiger partial charge in [-0.1, -0.05) is 29.8 Å². The van der Waals surface area contributed by atoms with E-state index in [-0.39, 0.29) is 17.7 Å². The van der Waals surface area contributed by atoms with E-state index in [1.165, 1.54) is 0 Å². The van der Waals surface area contributed by atoms with Gasteiger partial charge in [-0.3, -0.25) is 4.79 Å². The van der Waals surface area contributed by atoms with Crippen molar-refractivity contribution in [2.24, 2.45) is 11.7 Å². The number of hydrogen-bond donors (Lipinski definition) is 1. The molecule has 2 nitrogen and oxygen atoms in total. The van der Waals surface area contributed by atoms with E-state index in [2.05, 4.69) is 0 Å². The van der Waals surface area contributed by atoms with Crippen molar-refractivity contribution in [2.45, 2.75) is 31.7 Å². The summed E-state index contributed by atoms with van der Waals surface area (Å²) >= 11 is 6.03. The van der Waals surface area contributed by atoms with Gasteiger partial charge in [0.2, 0.25) is 0 Å². The molecule has 1 aromatic rings. The maximum atomic E-state index is 12.0. The molecule has 1 fully saturated rings. The predicted molar refractivity (Wildman–Crippen MR) is 65.5 cm³/mol. The Morgan fingerprint density at radius 1 is 1.38 bits per heavy atom. The molecule has 2 atom stereocenters. The summed E-state index contributed by atoms with van der Waals surface area (Å²) in [5.41, 5.74) is 6.73. The number of nitrogens with two attached hydrogens (primary N) is 1. The molecule has 2 unspecified atom stereocenters. The minimum Gasteiger partial charge on any atom is -0.328 e. The van der Waals surface area contributed by atoms with Crippen molar-refractivity contribution >= 4 is 17.4 Å². The summed E-state index contributed by atoms with van der Waals surface area (Å²) in [7, 11) is 0. The van der Waals surface area contributed by atoms with Crippen molar-refractivity contribution in [1.82, 2.24) is 0 Å². The largest absolute Gasteiger partial charge is 0.328 e. The standard InChI is InChI=1S/C13H16ClNO/c14-12-4-2-1-3-9(12)8-13(16)10-5-6-11(15)7-10/h1-4,10-11H,5-8,15H2. The summed E-state index contributed by atoms with van der Waals surface area (Å²) in [6.07, 6.45) is 3.18. The first-order valence-corrected chi connectivity index (χ1v) is 6.06. The van der Waals surface area contributed by atoms with Crippen LogP contribution in [0.25, 0.3) is 0 Å². The zero-order valence-electron chi connectivity index (χ0n) is 9.16. The number of halogens is 1. The second-order valence-corrected chi connectivity index (χ2v) is 4.91. The van der Waals surface area contributed by atoms with Crippen LogP contribution in [-0.2, 0) is 11.2 Å². The van der Waals surface area contributed by atoms with Crippen LogP contribution in [-0.4, -0.2) is 11.8 Å². The first kappa shape index (κ1) is 11.6. The molecule has 1 aliphatic carbocycles. The van der Waals surface area contributed by atoms with Crippen LogP contribution in [0.15, 0.2) is 24.3 Å². The van der Waals surface area contributed by atoms with E-state index in [0.29, 0.717) is 11.4 Å². The third-order valence-electron chi connectivity index (χ3n) is 3.25. The van der Waals surface area contributed by atoms with E-state index in [1.807, 2.05) is 24.3 Å². The minimum atomic E-state index is 0.145. The second-order valence-electron chi connectivity index (χ2n) is 4.50. The average Bonchev–Trinajstić information content (AvgIpc) is 2.68. The summed E-state index contributed by atoms with van der Waals surface area (Å²) < 4.78 is 0. The average molecular weight is 238 g/mol. The number of Topliss-reactive ketones (excluding diaryl/α,β-unsaturated/α-hetero) is 1. The fraction of sp³-hybridized carbons (Fsp3) is 0.462. The molecular formula is C13H16ClNO. The van der Waals surface area contributed by atoms with Gasteiger partial charge in [-0.15, -0.1) is 0 Å². The number of carbonyl (C=O) groups is 1. The zero-order valence-corrected chi connectivity index (χ0v) is 9.91. The van der Waals surface area contributed by atoms with Crippen LogP contribution >= 0.6 is 11.6 Å². The van der Waals surface area contributed by atoms with Crippen LogP contribution < -0.4 is 5.73 Å². The predicted octanol–water partition coefficient (Wildman–Crippen LogP) is 2.58. The Morgan fingerprint density at radius 3 is 2.75 bits per heavy atom. The van der Waals surface area contributed by atoms with Crippen molar-refractivity contribution in [3.8, 4) is 0 Å². The number of hydrogen-bond acceptors (Lipinski definition) is 2. The molecule has 1 aromatic carbocycles. The molecule has 0 amide bonds. The molecule has 0 saturated heterocycles. The van der Waals surface area contributed by atoms with E-state index >= 15 is 0 Å². The smallest absolute Gasteiger partial charge is 0.140 e. The van der Waals surface area contributed by atoms with E-state index in [4.69, 9.17) is 17.3 Å². The molecular weight excluding hydrogens is 222 g/mol. The highest BCUT2D eigenvalue weighted by molar-refractivity contribution is 6.31. The van der Waals surface area contributed by atoms with Crippen LogP contribution in [0.1, 0.15) is 24.8 Å². The monoisotopic (exact) mass is 237 g/mol. The Balaban J connectivity index is 2.00. The Morgan fingerprint density at radius 2 is 2.12 bits per heavy atom. The van der Waals surface area contributed by atoms with Crippen LogP contribution in [0.3, 0.4) is 0 Å². The first-order chi connectivity index (χ1) is 7.66. The fourth-order valence-electron chi connectivity index (χ4n) is 2.28. The highest BCUT2D eigenvalue weighted by Gasteiger charge is 2.27. The van der Waals surface area contributed by atoms with Gasteiger partial charge in [0.1, 0.15) is 5.78 Å². The lowest BCUT2D eigenvalue weighted by atomic mass is 9.96. The normalized spacial score (nSPS) is 24.6. The third kappa shape index (κ3) is 2.63. The summed E-state index contributed by atoms with van der Waals surface area (Å²) in [5, 5.41) is 0.679. The molecule has 0 radical (unpaired) electrons. The van der Waals surface area contributed by atoms with E-state index in [0.717, 1.165) is 24.8 Å². The highest BCUT2D eigenvalue weighted by Crippen LogP contribution is 2.27. The molecule has 3 heteroatoms. The number of ketones is 1. The molecule has 0 heterocycles. The Hall–Kier alpha value is -0.860. The highest BCUT2D eigenvalue weighted by atomic mass is 35.5. The molecule has 1 aliphatic rings. The maximum Gasteiger partial charge on any atom is 0.140 e. The summed E-state index contributed by atoms with van der Waals surface area (Å²) in [6, 6.07) is 7.73. The Kier molecular flexibility index (Phi) is 3.62. The van der Waals surface area contributed by atoms with E-state index in [1.54, 1.807) is 0 Å². The molecule has 2 rings (SSSR count). The van der Waals surface area contributed by atoms with Gasteiger partial charge in [-0.05, 0) is 30.9 Å². The van der Waals surface area contributed by atoms with Gasteiger partial charge >= 0.3 is 0 Å². The molecule has 0 aromatic heterocycles. The van der Waals surface area contributed by atoms with Gasteiger partial charge in [-0.25, -0.2) is 0 Å². The Bertz CT molecular complexity index is 391. The van der Waals surface area contributed by atoms with Crippen LogP contribution in [0, 0.1) is 5.92 Å². The van der Waals surface area contributed by atoms with Crippen molar-refractivity contribution in [3.63, 3.8) is 0 Å². The zero-order chi connectivity index (χ0) is 11.5. The number of benzene rings is 1. The van der Waals surface area contributed by atoms with Crippen LogP contribution in [0.4, 0.5) is 0 Å². The van der Waals surface area contributed by atoms with Crippen LogP contribution in [0.5, 0.6) is 0 Å². The van der Waals surface area contributed by atoms with Gasteiger partial charge < -0.3 is 5.73 Å². The molecule has 0 aliphatic heterocycles. The molecule has 2 N–H and O–H groups in total. The lowest BCUT2D eigenvalue weighted by Gasteiger charge is -2.09. The molecule has 0 bridgehead atoms. The van der Waals surface area contributed by atoms with Crippen LogP contribution in [0.2, 0.25) is 5.02 Å². The van der Waals surface area contributed by atoms with E-state index < -0.39 is 0 Å². The van der Waals surface area contributed by atoms with Crippen molar-refractivity contribution in [1.29, 1.82) is 0 Å². The minimum absolute atomic E-state index is 0.145. The van der Waals surface area contributed by atoms with Gasteiger partial charge in [0.15, 0.2) is 0 Å². The summed E-state index contributed by atoms with van der Waals surface area (Å²) in [6.45, 7) is 0. The maximum absolute atomic E-state index is 12.0. The molecule has 1 saturated carbocycles. The fourth-order valence-corrected chi connectivity index (χ4v) is 2.49. The lowest BCUT2D eigenvalue weighted by Crippen LogP contribution is -2.19. The Labute approximate surface area is 101 Å². The van der Waals surface area contributed by atoms with Gasteiger partial charge in [-0.2, -0.15) is 0 Å². The van der Waals surface area contributed by atoms with Crippen molar-refractivity contribution < 1.29 is 4.79 Å². The van der Waals surface area contributed by atoms with Crippen molar-refractivity contribution in [3.05, 3.63) is 34.9 Å². The summed E-state index contributed by atoms with van der Waals surface area (Å²) in [5.74, 6) is 0.423. The number of rotatable bonds is 3. The third-order valence-corrected chi connectivity index (χ3v) is 3.62. The van der Waals surface area contributed by atoms with E-state index in [9.17, 15) is 4.79 Å². The van der Waals surface area contributed by atoms with Gasteiger partial charge in [0.25, 0.3) is 0 Å². The quantitative estimate of drug-likeness (QED) is 0.878. The topological polar surface area (TPSA) is 43.1 Å². The SMILES string of the molecule is NC1CCC(C(=O)Cc2ccccc2Cl)C1.